The summed E-state index contributed by atoms with van der Waals surface area (Å²) >= 11 is 1.68. The number of nitrogens with one attached hydrogen (secondary N) is 1. The van der Waals surface area contributed by atoms with Gasteiger partial charge in [-0.25, -0.2) is 4.79 Å². The molecule has 0 aromatic carbocycles. The molecule has 1 rings (SSSR count). The first kappa shape index (κ1) is 19.3. The maximum atomic E-state index is 11.8. The van der Waals surface area contributed by atoms with E-state index in [1.54, 1.807) is 30.1 Å². The summed E-state index contributed by atoms with van der Waals surface area (Å²) in [5, 5.41) is 9.26. The summed E-state index contributed by atoms with van der Waals surface area (Å²) in [5.74, 6) is 0. The maximum absolute atomic E-state index is 11.8. The topological polar surface area (TPSA) is 112 Å². The summed E-state index contributed by atoms with van der Waals surface area (Å²) in [6, 6.07) is 1.20. The highest BCUT2D eigenvalue weighted by molar-refractivity contribution is 14.1. The van der Waals surface area contributed by atoms with Gasteiger partial charge in [0.1, 0.15) is 29.1 Å². The van der Waals surface area contributed by atoms with Crippen LogP contribution in [-0.4, -0.2) is 60.9 Å². The van der Waals surface area contributed by atoms with Gasteiger partial charge in [-0.3, -0.25) is 14.3 Å². The van der Waals surface area contributed by atoms with Crippen molar-refractivity contribution < 1.29 is 22.4 Å². The second-order valence-electron chi connectivity index (χ2n) is 4.26. The molecule has 2 N–H and O–H groups in total. The first-order valence-electron chi connectivity index (χ1n) is 6.50. The highest BCUT2D eigenvalue weighted by Crippen LogP contribution is 2.11. The molecule has 0 aliphatic heterocycles. The van der Waals surface area contributed by atoms with Gasteiger partial charge in [0.05, 0.1) is 33.0 Å². The predicted octanol–water partition coefficient (Wildman–Crippen LogP) is -0.558. The Hall–Kier alpha value is -0.790. The van der Waals surface area contributed by atoms with E-state index in [9.17, 15) is 14.7 Å². The predicted molar refractivity (Wildman–Crippen MR) is 85.0 cm³/mol. The van der Waals surface area contributed by atoms with Crippen LogP contribution in [0.2, 0.25) is 0 Å². The molecule has 0 amide bonds. The van der Waals surface area contributed by atoms with Gasteiger partial charge in [0.15, 0.2) is 6.23 Å². The number of aliphatic hydroxyl groups is 1. The Balaban J connectivity index is 2.84. The van der Waals surface area contributed by atoms with Crippen LogP contribution in [0, 0.1) is 0 Å². The van der Waals surface area contributed by atoms with Crippen molar-refractivity contribution in [2.75, 3.05) is 40.1 Å². The molecular weight excluding hydrogens is 411 g/mol. The van der Waals surface area contributed by atoms with Crippen molar-refractivity contribution in [1.82, 2.24) is 9.55 Å². The van der Waals surface area contributed by atoms with Crippen LogP contribution in [0.1, 0.15) is 6.23 Å². The summed E-state index contributed by atoms with van der Waals surface area (Å²) in [7, 11) is 1.54. The van der Waals surface area contributed by atoms with Gasteiger partial charge in [-0.2, -0.15) is 0 Å². The van der Waals surface area contributed by atoms with E-state index in [-0.39, 0.29) is 19.8 Å². The number of aromatic nitrogens is 2. The Morgan fingerprint density at radius 3 is 2.73 bits per heavy atom. The highest BCUT2D eigenvalue weighted by atomic mass is 127. The van der Waals surface area contributed by atoms with Gasteiger partial charge < -0.3 is 22.4 Å². The van der Waals surface area contributed by atoms with Crippen molar-refractivity contribution in [2.24, 2.45) is 0 Å². The van der Waals surface area contributed by atoms with Crippen LogP contribution >= 0.6 is 23.0 Å². The fraction of sp³-hybridized carbons (Fsp3) is 0.667. The minimum Gasteiger partial charge on any atom is -0.394 e. The number of aliphatic hydroxyl groups excluding tert-OH is 1. The monoisotopic (exact) mass is 430 g/mol. The number of halogens is 1. The zero-order valence-corrected chi connectivity index (χ0v) is 14.2. The van der Waals surface area contributed by atoms with Crippen LogP contribution < -0.4 is 11.2 Å². The fourth-order valence-electron chi connectivity index (χ4n) is 1.59. The molecule has 0 aliphatic rings. The van der Waals surface area contributed by atoms with E-state index in [0.717, 1.165) is 0 Å². The Morgan fingerprint density at radius 1 is 1.36 bits per heavy atom. The average Bonchev–Trinajstić information content (AvgIpc) is 2.50. The molecule has 1 heterocycles. The van der Waals surface area contributed by atoms with Gasteiger partial charge in [0.25, 0.3) is 5.56 Å². The molecule has 0 bridgehead atoms. The van der Waals surface area contributed by atoms with Crippen LogP contribution in [0.4, 0.5) is 0 Å². The molecule has 0 radical (unpaired) electrons. The van der Waals surface area contributed by atoms with Gasteiger partial charge in [-0.15, -0.1) is 0 Å². The number of rotatable bonds is 11. The van der Waals surface area contributed by atoms with E-state index in [1.807, 2.05) is 0 Å². The smallest absolute Gasteiger partial charge is 0.330 e. The first-order valence-corrected chi connectivity index (χ1v) is 7.38. The van der Waals surface area contributed by atoms with E-state index in [4.69, 9.17) is 17.3 Å². The molecule has 1 aromatic rings. The van der Waals surface area contributed by atoms with E-state index in [2.05, 4.69) is 4.98 Å². The lowest BCUT2D eigenvalue weighted by atomic mass is 10.4. The Labute approximate surface area is 140 Å². The quantitative estimate of drug-likeness (QED) is 0.358. The molecule has 2 atom stereocenters. The molecular formula is C12H19IN2O7. The molecule has 22 heavy (non-hydrogen) atoms. The van der Waals surface area contributed by atoms with Crippen LogP contribution in [0.3, 0.4) is 0 Å². The average molecular weight is 430 g/mol. The van der Waals surface area contributed by atoms with E-state index < -0.39 is 23.6 Å². The molecule has 10 heteroatoms. The summed E-state index contributed by atoms with van der Waals surface area (Å²) in [6.45, 7) is 0.626. The highest BCUT2D eigenvalue weighted by Gasteiger charge is 2.19. The summed E-state index contributed by atoms with van der Waals surface area (Å²) in [6.07, 6.45) is -0.137. The number of nitrogens with zero attached hydrogens (tertiary/aromatic N) is 1. The van der Waals surface area contributed by atoms with E-state index in [0.29, 0.717) is 13.2 Å². The lowest BCUT2D eigenvalue weighted by Gasteiger charge is -2.24. The van der Waals surface area contributed by atoms with Crippen molar-refractivity contribution in [1.29, 1.82) is 0 Å². The van der Waals surface area contributed by atoms with Crippen molar-refractivity contribution >= 4 is 23.0 Å². The van der Waals surface area contributed by atoms with E-state index >= 15 is 0 Å². The number of hydrogen-bond donors (Lipinski definition) is 2. The minimum atomic E-state index is -0.815. The Morgan fingerprint density at radius 2 is 2.14 bits per heavy atom. The number of aromatic amines is 1. The lowest BCUT2D eigenvalue weighted by molar-refractivity contribution is -0.121. The van der Waals surface area contributed by atoms with Gasteiger partial charge in [0, 0.05) is 19.4 Å². The number of ether oxygens (including phenoxy) is 3. The molecule has 0 saturated heterocycles. The molecule has 1 aromatic heterocycles. The molecule has 9 nitrogen and oxygen atoms in total. The van der Waals surface area contributed by atoms with Gasteiger partial charge in [0.2, 0.25) is 0 Å². The maximum Gasteiger partial charge on any atom is 0.330 e. The van der Waals surface area contributed by atoms with Gasteiger partial charge in [-0.1, -0.05) is 0 Å². The van der Waals surface area contributed by atoms with Crippen LogP contribution in [0.25, 0.3) is 0 Å². The zero-order valence-electron chi connectivity index (χ0n) is 12.1. The number of hydrogen-bond acceptors (Lipinski definition) is 7. The molecule has 126 valence electrons. The second kappa shape index (κ2) is 10.9. The molecule has 0 spiro atoms. The number of H-pyrrole nitrogens is 1. The third-order valence-corrected chi connectivity index (χ3v) is 3.02. The zero-order chi connectivity index (χ0) is 16.4. The summed E-state index contributed by atoms with van der Waals surface area (Å²) < 4.78 is 22.0. The van der Waals surface area contributed by atoms with Gasteiger partial charge in [-0.05, 0) is 0 Å². The van der Waals surface area contributed by atoms with Crippen molar-refractivity contribution in [2.45, 2.75) is 12.3 Å². The molecule has 0 aliphatic carbocycles. The lowest BCUT2D eigenvalue weighted by Crippen LogP contribution is -2.37. The largest absolute Gasteiger partial charge is 0.394 e. The normalized spacial score (nSPS) is 14.0. The van der Waals surface area contributed by atoms with Crippen LogP contribution in [0.15, 0.2) is 21.9 Å². The standard InChI is InChI=1S/C12H19IN2O7/c1-19-4-5-20-8-11(22-9(6-16)7-21-13)15-3-2-10(17)14-12(15)18/h2-3,9,11,16H,4-8H2,1H3,(H,14,17,18). The Bertz CT molecular complexity index is 533. The Kier molecular flexibility index (Phi) is 9.50. The fourth-order valence-corrected chi connectivity index (χ4v) is 1.99. The van der Waals surface area contributed by atoms with Crippen molar-refractivity contribution in [3.05, 3.63) is 33.1 Å². The summed E-state index contributed by atoms with van der Waals surface area (Å²) in [5.41, 5.74) is -1.13. The molecule has 0 fully saturated rings. The molecule has 0 saturated carbocycles. The third-order valence-electron chi connectivity index (χ3n) is 2.66. The molecule has 2 unspecified atom stereocenters. The third kappa shape index (κ3) is 6.54. The van der Waals surface area contributed by atoms with Crippen molar-refractivity contribution in [3.8, 4) is 0 Å². The second-order valence-corrected chi connectivity index (χ2v) is 4.88. The SMILES string of the molecule is COCCOCC(OC(CO)COI)n1ccc(=O)[nH]c1=O. The van der Waals surface area contributed by atoms with Crippen molar-refractivity contribution in [3.63, 3.8) is 0 Å². The minimum absolute atomic E-state index is 0.0487. The number of methoxy groups -OCH3 is 1. The van der Waals surface area contributed by atoms with E-state index in [1.165, 1.54) is 16.8 Å². The summed E-state index contributed by atoms with van der Waals surface area (Å²) in [4.78, 5) is 25.1. The van der Waals surface area contributed by atoms with Crippen LogP contribution in [-0.2, 0) is 17.3 Å². The van der Waals surface area contributed by atoms with Gasteiger partial charge >= 0.3 is 5.69 Å². The first-order chi connectivity index (χ1) is 10.6. The van der Waals surface area contributed by atoms with Crippen LogP contribution in [0.5, 0.6) is 0 Å².